The number of methoxy groups -OCH3 is 1. The van der Waals surface area contributed by atoms with Gasteiger partial charge in [0, 0.05) is 38.8 Å². The molecule has 33 heavy (non-hydrogen) atoms. The fraction of sp³-hybridized carbons (Fsp3) is 0.320. The van der Waals surface area contributed by atoms with E-state index < -0.39 is 0 Å². The van der Waals surface area contributed by atoms with Crippen LogP contribution in [-0.2, 0) is 17.7 Å². The van der Waals surface area contributed by atoms with Gasteiger partial charge in [-0.15, -0.1) is 5.10 Å². The fourth-order valence-electron chi connectivity index (χ4n) is 4.00. The molecule has 2 N–H and O–H groups in total. The van der Waals surface area contributed by atoms with Crippen LogP contribution < -0.4 is 5.56 Å². The smallest absolute Gasteiger partial charge is 0.279 e. The standard InChI is InChI=1S/C25H29N5O3/c1-18(7-5-6-15-29-17-20(14-16-31)26-28-29)24(33-2)19-10-12-21(13-11-19)30-25(32)22-8-3-4-9-23(22)27-30/h3-5,7-13,17-18,24,27,31H,6,14-16H2,1-2H3/b7-5+/t18-,24+/m0/s1. The number of ether oxygens (including phenoxy) is 1. The number of benzene rings is 2. The topological polar surface area (TPSA) is 98.0 Å². The molecule has 8 heteroatoms. The number of allylic oxidation sites excluding steroid dienone is 1. The highest BCUT2D eigenvalue weighted by atomic mass is 16.5. The van der Waals surface area contributed by atoms with Crippen LogP contribution in [0.3, 0.4) is 0 Å². The Labute approximate surface area is 192 Å². The van der Waals surface area contributed by atoms with Crippen LogP contribution in [0, 0.1) is 5.92 Å². The lowest BCUT2D eigenvalue weighted by Gasteiger charge is -2.21. The molecule has 4 rings (SSSR count). The van der Waals surface area contributed by atoms with Gasteiger partial charge in [0.2, 0.25) is 0 Å². The molecule has 2 atom stereocenters. The summed E-state index contributed by atoms with van der Waals surface area (Å²) in [5.41, 5.74) is 3.38. The highest BCUT2D eigenvalue weighted by Gasteiger charge is 2.17. The van der Waals surface area contributed by atoms with Crippen LogP contribution in [0.25, 0.3) is 16.6 Å². The van der Waals surface area contributed by atoms with Gasteiger partial charge in [-0.05, 0) is 36.2 Å². The molecule has 0 radical (unpaired) electrons. The van der Waals surface area contributed by atoms with Crippen molar-refractivity contribution in [2.24, 2.45) is 5.92 Å². The normalized spacial score (nSPS) is 13.7. The highest BCUT2D eigenvalue weighted by molar-refractivity contribution is 5.78. The second-order valence-corrected chi connectivity index (χ2v) is 8.07. The van der Waals surface area contributed by atoms with E-state index in [1.165, 1.54) is 0 Å². The first-order valence-corrected chi connectivity index (χ1v) is 11.1. The molecule has 0 unspecified atom stereocenters. The number of nitrogens with zero attached hydrogens (tertiary/aromatic N) is 4. The van der Waals surface area contributed by atoms with E-state index in [1.807, 2.05) is 54.7 Å². The quantitative estimate of drug-likeness (QED) is 0.363. The predicted molar refractivity (Wildman–Crippen MR) is 127 cm³/mol. The molecule has 8 nitrogen and oxygen atoms in total. The van der Waals surface area contributed by atoms with Crippen molar-refractivity contribution in [3.8, 4) is 5.69 Å². The summed E-state index contributed by atoms with van der Waals surface area (Å²) >= 11 is 0. The Morgan fingerprint density at radius 3 is 2.70 bits per heavy atom. The van der Waals surface area contributed by atoms with E-state index in [0.29, 0.717) is 11.8 Å². The Kier molecular flexibility index (Phi) is 7.16. The summed E-state index contributed by atoms with van der Waals surface area (Å²) in [4.78, 5) is 12.7. The second-order valence-electron chi connectivity index (χ2n) is 8.07. The summed E-state index contributed by atoms with van der Waals surface area (Å²) in [7, 11) is 1.71. The Hall–Kier alpha value is -3.49. The van der Waals surface area contributed by atoms with Crippen LogP contribution in [0.2, 0.25) is 0 Å². The monoisotopic (exact) mass is 447 g/mol. The molecule has 4 aromatic rings. The number of nitrogens with one attached hydrogen (secondary N) is 1. The van der Waals surface area contributed by atoms with Crippen molar-refractivity contribution in [3.05, 3.63) is 88.5 Å². The number of aryl methyl sites for hydroxylation is 1. The first kappa shape index (κ1) is 22.7. The lowest BCUT2D eigenvalue weighted by atomic mass is 9.96. The van der Waals surface area contributed by atoms with Gasteiger partial charge in [0.1, 0.15) is 0 Å². The average molecular weight is 448 g/mol. The van der Waals surface area contributed by atoms with Crippen LogP contribution in [0.4, 0.5) is 0 Å². The molecule has 0 aliphatic heterocycles. The Bertz CT molecular complexity index is 1270. The number of aromatic nitrogens is 5. The van der Waals surface area contributed by atoms with Crippen LogP contribution >= 0.6 is 0 Å². The van der Waals surface area contributed by atoms with E-state index >= 15 is 0 Å². The van der Waals surface area contributed by atoms with Gasteiger partial charge in [-0.3, -0.25) is 14.6 Å². The summed E-state index contributed by atoms with van der Waals surface area (Å²) in [6.07, 6.45) is 7.39. The summed E-state index contributed by atoms with van der Waals surface area (Å²) in [6, 6.07) is 15.4. The zero-order chi connectivity index (χ0) is 23.2. The number of fused-ring (bicyclic) bond motifs is 1. The highest BCUT2D eigenvalue weighted by Crippen LogP contribution is 2.27. The molecule has 0 aliphatic rings. The number of aliphatic hydroxyl groups is 1. The van der Waals surface area contributed by atoms with Gasteiger partial charge in [0.15, 0.2) is 0 Å². The van der Waals surface area contributed by atoms with Crippen molar-refractivity contribution in [2.75, 3.05) is 13.7 Å². The molecule has 0 aliphatic carbocycles. The number of hydrogen-bond donors (Lipinski definition) is 2. The van der Waals surface area contributed by atoms with Crippen LogP contribution in [0.15, 0.2) is 71.7 Å². The molecule has 2 heterocycles. The summed E-state index contributed by atoms with van der Waals surface area (Å²) in [6.45, 7) is 2.93. The van der Waals surface area contributed by atoms with E-state index in [-0.39, 0.29) is 24.2 Å². The maximum Gasteiger partial charge on any atom is 0.279 e. The van der Waals surface area contributed by atoms with Crippen LogP contribution in [-0.4, -0.2) is 43.6 Å². The van der Waals surface area contributed by atoms with Crippen molar-refractivity contribution in [2.45, 2.75) is 32.4 Å². The Balaban J connectivity index is 1.40. The predicted octanol–water partition coefficient (Wildman–Crippen LogP) is 3.42. The molecule has 0 amide bonds. The van der Waals surface area contributed by atoms with E-state index in [0.717, 1.165) is 35.4 Å². The third-order valence-corrected chi connectivity index (χ3v) is 5.72. The third kappa shape index (κ3) is 5.13. The lowest BCUT2D eigenvalue weighted by Crippen LogP contribution is -2.15. The van der Waals surface area contributed by atoms with Gasteiger partial charge in [-0.1, -0.05) is 48.6 Å². The van der Waals surface area contributed by atoms with E-state index in [4.69, 9.17) is 9.84 Å². The van der Waals surface area contributed by atoms with Crippen molar-refractivity contribution >= 4 is 10.9 Å². The zero-order valence-corrected chi connectivity index (χ0v) is 18.9. The van der Waals surface area contributed by atoms with Gasteiger partial charge >= 0.3 is 0 Å². The number of rotatable bonds is 10. The second kappa shape index (κ2) is 10.4. The van der Waals surface area contributed by atoms with E-state index in [1.54, 1.807) is 16.5 Å². The summed E-state index contributed by atoms with van der Waals surface area (Å²) < 4.78 is 9.14. The Morgan fingerprint density at radius 2 is 1.97 bits per heavy atom. The maximum atomic E-state index is 12.7. The SMILES string of the molecule is CO[C@@H](c1ccc(-n2[nH]c3ccccc3c2=O)cc1)[C@@H](C)/C=C/CCn1cc(CCO)nn1. The lowest BCUT2D eigenvalue weighted by molar-refractivity contribution is 0.0740. The van der Waals surface area contributed by atoms with Gasteiger partial charge < -0.3 is 9.84 Å². The van der Waals surface area contributed by atoms with Gasteiger partial charge in [0.25, 0.3) is 5.56 Å². The number of aromatic amines is 1. The van der Waals surface area contributed by atoms with E-state index in [2.05, 4.69) is 34.5 Å². The summed E-state index contributed by atoms with van der Waals surface area (Å²) in [5.74, 6) is 0.164. The molecule has 0 saturated heterocycles. The van der Waals surface area contributed by atoms with Crippen molar-refractivity contribution in [1.82, 2.24) is 24.8 Å². The van der Waals surface area contributed by atoms with Crippen molar-refractivity contribution in [1.29, 1.82) is 0 Å². The minimum atomic E-state index is -0.0998. The van der Waals surface area contributed by atoms with Crippen molar-refractivity contribution < 1.29 is 9.84 Å². The maximum absolute atomic E-state index is 12.7. The molecule has 0 fully saturated rings. The van der Waals surface area contributed by atoms with Gasteiger partial charge in [-0.25, -0.2) is 4.68 Å². The Morgan fingerprint density at radius 1 is 1.18 bits per heavy atom. The molecule has 2 aromatic heterocycles. The van der Waals surface area contributed by atoms with Gasteiger partial charge in [-0.2, -0.15) is 0 Å². The number of para-hydroxylation sites is 1. The first-order chi connectivity index (χ1) is 16.1. The summed E-state index contributed by atoms with van der Waals surface area (Å²) in [5, 5.41) is 20.9. The number of aliphatic hydroxyl groups excluding tert-OH is 1. The number of H-pyrrole nitrogens is 1. The largest absolute Gasteiger partial charge is 0.396 e. The van der Waals surface area contributed by atoms with Crippen LogP contribution in [0.1, 0.15) is 30.7 Å². The fourth-order valence-corrected chi connectivity index (χ4v) is 4.00. The average Bonchev–Trinajstić information content (AvgIpc) is 3.42. The number of hydrogen-bond acceptors (Lipinski definition) is 5. The zero-order valence-electron chi connectivity index (χ0n) is 18.9. The molecular formula is C25H29N5O3. The molecule has 172 valence electrons. The molecule has 0 saturated carbocycles. The minimum absolute atomic E-state index is 0.0613. The molecule has 0 spiro atoms. The molecular weight excluding hydrogens is 418 g/mol. The molecule has 2 aromatic carbocycles. The van der Waals surface area contributed by atoms with Crippen LogP contribution in [0.5, 0.6) is 0 Å². The van der Waals surface area contributed by atoms with Crippen molar-refractivity contribution in [3.63, 3.8) is 0 Å². The minimum Gasteiger partial charge on any atom is -0.396 e. The molecule has 0 bridgehead atoms. The van der Waals surface area contributed by atoms with E-state index in [9.17, 15) is 4.79 Å². The van der Waals surface area contributed by atoms with Gasteiger partial charge in [0.05, 0.1) is 28.4 Å². The first-order valence-electron chi connectivity index (χ1n) is 11.1. The third-order valence-electron chi connectivity index (χ3n) is 5.72.